The van der Waals surface area contributed by atoms with Crippen LogP contribution in [-0.4, -0.2) is 27.6 Å². The van der Waals surface area contributed by atoms with Crippen LogP contribution in [0.15, 0.2) is 63.6 Å². The fourth-order valence-electron chi connectivity index (χ4n) is 2.78. The number of aromatic nitrogens is 3. The second-order valence-corrected chi connectivity index (χ2v) is 6.70. The molecule has 0 bridgehead atoms. The van der Waals surface area contributed by atoms with E-state index in [4.69, 9.17) is 4.42 Å². The van der Waals surface area contributed by atoms with E-state index in [9.17, 15) is 4.79 Å². The molecule has 0 unspecified atom stereocenters. The summed E-state index contributed by atoms with van der Waals surface area (Å²) < 4.78 is 6.38. The number of amides is 1. The highest BCUT2D eigenvalue weighted by atomic mass is 79.9. The zero-order valence-electron chi connectivity index (χ0n) is 13.7. The minimum atomic E-state index is -0.376. The molecule has 2 aromatic carbocycles. The molecule has 0 radical (unpaired) electrons. The molecule has 7 heteroatoms. The van der Waals surface area contributed by atoms with Crippen molar-refractivity contribution in [2.75, 3.05) is 6.54 Å². The molecule has 4 aromatic rings. The highest BCUT2D eigenvalue weighted by molar-refractivity contribution is 9.10. The number of fused-ring (bicyclic) bond motifs is 1. The number of hydrogen-bond donors (Lipinski definition) is 2. The number of H-pyrrole nitrogens is 1. The van der Waals surface area contributed by atoms with Crippen molar-refractivity contribution in [2.45, 2.75) is 6.42 Å². The van der Waals surface area contributed by atoms with Crippen molar-refractivity contribution >= 4 is 32.7 Å². The SMILES string of the molecule is O=C(NCCc1c[nH]c2ccccc12)c1nnc(-c2cccc(Br)c2)o1. The number of hydrogen-bond acceptors (Lipinski definition) is 4. The molecule has 0 aliphatic rings. The van der Waals surface area contributed by atoms with Crippen molar-refractivity contribution in [3.05, 3.63) is 70.7 Å². The van der Waals surface area contributed by atoms with Gasteiger partial charge >= 0.3 is 11.8 Å². The number of para-hydroxylation sites is 1. The van der Waals surface area contributed by atoms with Crippen LogP contribution < -0.4 is 5.32 Å². The largest absolute Gasteiger partial charge is 0.412 e. The summed E-state index contributed by atoms with van der Waals surface area (Å²) in [7, 11) is 0. The smallest absolute Gasteiger partial charge is 0.308 e. The number of nitrogens with one attached hydrogen (secondary N) is 2. The molecule has 0 saturated heterocycles. The average molecular weight is 411 g/mol. The third-order valence-corrected chi connectivity index (χ3v) is 4.54. The van der Waals surface area contributed by atoms with Gasteiger partial charge in [-0.1, -0.05) is 40.2 Å². The van der Waals surface area contributed by atoms with Crippen molar-refractivity contribution in [3.8, 4) is 11.5 Å². The average Bonchev–Trinajstić information content (AvgIpc) is 3.29. The Morgan fingerprint density at radius 3 is 2.92 bits per heavy atom. The van der Waals surface area contributed by atoms with Gasteiger partial charge in [-0.2, -0.15) is 0 Å². The van der Waals surface area contributed by atoms with E-state index in [1.165, 1.54) is 0 Å². The second kappa shape index (κ2) is 7.13. The van der Waals surface area contributed by atoms with Gasteiger partial charge in [0.15, 0.2) is 0 Å². The van der Waals surface area contributed by atoms with Crippen LogP contribution in [0.25, 0.3) is 22.4 Å². The van der Waals surface area contributed by atoms with Crippen molar-refractivity contribution in [3.63, 3.8) is 0 Å². The van der Waals surface area contributed by atoms with E-state index in [0.717, 1.165) is 26.5 Å². The lowest BCUT2D eigenvalue weighted by atomic mass is 10.1. The number of aromatic amines is 1. The Labute approximate surface area is 157 Å². The standard InChI is InChI=1S/C19H15BrN4O2/c20-14-5-3-4-12(10-14)18-23-24-19(26-18)17(25)21-9-8-13-11-22-16-7-2-1-6-15(13)16/h1-7,10-11,22H,8-9H2,(H,21,25). The summed E-state index contributed by atoms with van der Waals surface area (Å²) >= 11 is 3.39. The van der Waals surface area contributed by atoms with Crippen LogP contribution in [0.4, 0.5) is 0 Å². The fraction of sp³-hybridized carbons (Fsp3) is 0.105. The summed E-state index contributed by atoms with van der Waals surface area (Å²) in [6, 6.07) is 15.5. The Morgan fingerprint density at radius 1 is 1.15 bits per heavy atom. The molecular formula is C19H15BrN4O2. The third-order valence-electron chi connectivity index (χ3n) is 4.05. The maximum Gasteiger partial charge on any atom is 0.308 e. The van der Waals surface area contributed by atoms with Gasteiger partial charge in [-0.25, -0.2) is 0 Å². The van der Waals surface area contributed by atoms with Gasteiger partial charge in [-0.15, -0.1) is 10.2 Å². The van der Waals surface area contributed by atoms with Gasteiger partial charge < -0.3 is 14.7 Å². The Balaban J connectivity index is 1.39. The number of carbonyl (C=O) groups is 1. The number of carbonyl (C=O) groups excluding carboxylic acids is 1. The van der Waals surface area contributed by atoms with Crippen LogP contribution in [0.1, 0.15) is 16.2 Å². The van der Waals surface area contributed by atoms with Crippen molar-refractivity contribution < 1.29 is 9.21 Å². The molecule has 2 aromatic heterocycles. The Morgan fingerprint density at radius 2 is 2.04 bits per heavy atom. The zero-order valence-corrected chi connectivity index (χ0v) is 15.3. The minimum absolute atomic E-state index is 0.0427. The van der Waals surface area contributed by atoms with Crippen LogP contribution in [0.2, 0.25) is 0 Å². The van der Waals surface area contributed by atoms with Gasteiger partial charge in [-0.05, 0) is 36.2 Å². The maximum absolute atomic E-state index is 12.2. The predicted molar refractivity (Wildman–Crippen MR) is 102 cm³/mol. The van der Waals surface area contributed by atoms with Gasteiger partial charge in [0.1, 0.15) is 0 Å². The number of benzene rings is 2. The van der Waals surface area contributed by atoms with Crippen LogP contribution in [0, 0.1) is 0 Å². The van der Waals surface area contributed by atoms with E-state index in [1.54, 1.807) is 0 Å². The number of nitrogens with zero attached hydrogens (tertiary/aromatic N) is 2. The first-order valence-corrected chi connectivity index (χ1v) is 8.92. The van der Waals surface area contributed by atoms with Gasteiger partial charge in [-0.3, -0.25) is 4.79 Å². The molecule has 1 amide bonds. The van der Waals surface area contributed by atoms with E-state index in [0.29, 0.717) is 18.9 Å². The molecule has 0 aliphatic carbocycles. The molecular weight excluding hydrogens is 396 g/mol. The highest BCUT2D eigenvalue weighted by Crippen LogP contribution is 2.22. The number of halogens is 1. The van der Waals surface area contributed by atoms with Crippen molar-refractivity contribution in [1.29, 1.82) is 0 Å². The van der Waals surface area contributed by atoms with Gasteiger partial charge in [0.05, 0.1) is 0 Å². The van der Waals surface area contributed by atoms with Gasteiger partial charge in [0.25, 0.3) is 0 Å². The molecule has 4 rings (SSSR count). The summed E-state index contributed by atoms with van der Waals surface area (Å²) in [5, 5.41) is 11.8. The van der Waals surface area contributed by atoms with Crippen molar-refractivity contribution in [1.82, 2.24) is 20.5 Å². The molecule has 2 heterocycles. The van der Waals surface area contributed by atoms with Crippen LogP contribution >= 0.6 is 15.9 Å². The topological polar surface area (TPSA) is 83.8 Å². The maximum atomic E-state index is 12.2. The summed E-state index contributed by atoms with van der Waals surface area (Å²) in [5.74, 6) is -0.106. The molecule has 0 aliphatic heterocycles. The molecule has 0 fully saturated rings. The minimum Gasteiger partial charge on any atom is -0.412 e. The van der Waals surface area contributed by atoms with E-state index in [2.05, 4.69) is 42.5 Å². The monoisotopic (exact) mass is 410 g/mol. The van der Waals surface area contributed by atoms with E-state index in [1.807, 2.05) is 48.7 Å². The third kappa shape index (κ3) is 3.39. The summed E-state index contributed by atoms with van der Waals surface area (Å²) in [4.78, 5) is 15.5. The Kier molecular flexibility index (Phi) is 4.53. The quantitative estimate of drug-likeness (QED) is 0.521. The molecule has 130 valence electrons. The summed E-state index contributed by atoms with van der Waals surface area (Å²) in [6.07, 6.45) is 2.68. The molecule has 26 heavy (non-hydrogen) atoms. The second-order valence-electron chi connectivity index (χ2n) is 5.79. The summed E-state index contributed by atoms with van der Waals surface area (Å²) in [6.45, 7) is 0.481. The fourth-order valence-corrected chi connectivity index (χ4v) is 3.18. The zero-order chi connectivity index (χ0) is 17.9. The highest BCUT2D eigenvalue weighted by Gasteiger charge is 2.15. The predicted octanol–water partition coefficient (Wildman–Crippen LogP) is 3.95. The lowest BCUT2D eigenvalue weighted by molar-refractivity contribution is 0.0920. The first-order chi connectivity index (χ1) is 12.7. The van der Waals surface area contributed by atoms with E-state index < -0.39 is 0 Å². The molecule has 6 nitrogen and oxygen atoms in total. The molecule has 2 N–H and O–H groups in total. The van der Waals surface area contributed by atoms with Crippen LogP contribution in [0.3, 0.4) is 0 Å². The number of rotatable bonds is 5. The van der Waals surface area contributed by atoms with E-state index in [-0.39, 0.29) is 11.8 Å². The lowest BCUT2D eigenvalue weighted by Gasteiger charge is -2.01. The van der Waals surface area contributed by atoms with E-state index >= 15 is 0 Å². The summed E-state index contributed by atoms with van der Waals surface area (Å²) in [5.41, 5.74) is 3.00. The first-order valence-electron chi connectivity index (χ1n) is 8.13. The molecule has 0 saturated carbocycles. The van der Waals surface area contributed by atoms with Gasteiger partial charge in [0.2, 0.25) is 5.89 Å². The Hall–Kier alpha value is -2.93. The molecule has 0 spiro atoms. The molecule has 0 atom stereocenters. The lowest BCUT2D eigenvalue weighted by Crippen LogP contribution is -2.25. The van der Waals surface area contributed by atoms with Crippen LogP contribution in [-0.2, 0) is 6.42 Å². The van der Waals surface area contributed by atoms with Crippen molar-refractivity contribution in [2.24, 2.45) is 0 Å². The van der Waals surface area contributed by atoms with Crippen LogP contribution in [0.5, 0.6) is 0 Å². The Bertz CT molecular complexity index is 1070. The van der Waals surface area contributed by atoms with Gasteiger partial charge in [0, 0.05) is 33.7 Å². The normalized spacial score (nSPS) is 11.0. The first kappa shape index (κ1) is 16.5.